The van der Waals surface area contributed by atoms with Crippen molar-refractivity contribution < 1.29 is 9.90 Å². The number of nitrogens with two attached hydrogens (primary N) is 1. The second kappa shape index (κ2) is 4.52. The van der Waals surface area contributed by atoms with E-state index in [2.05, 4.69) is 18.9 Å². The zero-order chi connectivity index (χ0) is 13.3. The van der Waals surface area contributed by atoms with E-state index in [0.29, 0.717) is 5.92 Å². The molecule has 0 aliphatic heterocycles. The van der Waals surface area contributed by atoms with Crippen LogP contribution in [0.2, 0.25) is 0 Å². The van der Waals surface area contributed by atoms with Gasteiger partial charge in [0.1, 0.15) is 11.4 Å². The Hall–Kier alpha value is -2.30. The molecule has 94 valence electrons. The van der Waals surface area contributed by atoms with Gasteiger partial charge in [0.05, 0.1) is 11.9 Å². The number of nitrogens with zero attached hydrogens (tertiary/aromatic N) is 2. The molecule has 0 radical (unpaired) electrons. The Labute approximate surface area is 105 Å². The fraction of sp³-hybridized carbons (Fsp3) is 0.231. The van der Waals surface area contributed by atoms with Gasteiger partial charge in [-0.3, -0.25) is 0 Å². The largest absolute Gasteiger partial charge is 0.477 e. The summed E-state index contributed by atoms with van der Waals surface area (Å²) >= 11 is 0. The van der Waals surface area contributed by atoms with E-state index < -0.39 is 5.97 Å². The summed E-state index contributed by atoms with van der Waals surface area (Å²) in [6.07, 6.45) is 1.26. The number of carboxylic acid groups (broad SMARTS) is 1. The molecule has 2 rings (SSSR count). The highest BCUT2D eigenvalue weighted by atomic mass is 16.4. The Balaban J connectivity index is 2.40. The molecule has 0 bridgehead atoms. The minimum absolute atomic E-state index is 0.0166. The predicted molar refractivity (Wildman–Crippen MR) is 69.0 cm³/mol. The molecule has 1 heterocycles. The highest BCUT2D eigenvalue weighted by Gasteiger charge is 2.14. The van der Waals surface area contributed by atoms with Crippen molar-refractivity contribution in [1.29, 1.82) is 0 Å². The minimum atomic E-state index is -1.07. The third-order valence-corrected chi connectivity index (χ3v) is 2.84. The van der Waals surface area contributed by atoms with Gasteiger partial charge in [-0.15, -0.1) is 0 Å². The molecule has 0 unspecified atom stereocenters. The molecule has 0 aliphatic rings. The molecule has 0 saturated carbocycles. The predicted octanol–water partition coefficient (Wildman–Crippen LogP) is 2.28. The van der Waals surface area contributed by atoms with Gasteiger partial charge >= 0.3 is 5.97 Å². The van der Waals surface area contributed by atoms with E-state index in [-0.39, 0.29) is 11.4 Å². The third kappa shape index (κ3) is 2.07. The molecule has 2 aromatic rings. The molecule has 0 saturated heterocycles. The highest BCUT2D eigenvalue weighted by Crippen LogP contribution is 2.20. The smallest absolute Gasteiger partial charge is 0.341 e. The zero-order valence-corrected chi connectivity index (χ0v) is 10.3. The monoisotopic (exact) mass is 245 g/mol. The molecule has 0 aliphatic carbocycles. The molecule has 0 spiro atoms. The Bertz CT molecular complexity index is 570. The number of hydrogen-bond donors (Lipinski definition) is 2. The molecule has 0 atom stereocenters. The molecule has 0 fully saturated rings. The molecule has 1 aromatic heterocycles. The van der Waals surface area contributed by atoms with E-state index in [0.717, 1.165) is 5.69 Å². The van der Waals surface area contributed by atoms with Crippen LogP contribution in [0.1, 0.15) is 35.7 Å². The van der Waals surface area contributed by atoms with Gasteiger partial charge in [0.15, 0.2) is 0 Å². The Morgan fingerprint density at radius 3 is 2.39 bits per heavy atom. The maximum absolute atomic E-state index is 10.9. The number of anilines is 1. The Kier molecular flexibility index (Phi) is 3.06. The summed E-state index contributed by atoms with van der Waals surface area (Å²) in [6, 6.07) is 7.73. The van der Waals surface area contributed by atoms with E-state index in [1.54, 1.807) is 0 Å². The zero-order valence-electron chi connectivity index (χ0n) is 10.3. The van der Waals surface area contributed by atoms with Gasteiger partial charge in [0.25, 0.3) is 0 Å². The molecule has 3 N–H and O–H groups in total. The van der Waals surface area contributed by atoms with Gasteiger partial charge in [0, 0.05) is 0 Å². The van der Waals surface area contributed by atoms with E-state index in [9.17, 15) is 4.79 Å². The molecule has 1 aromatic carbocycles. The second-order valence-corrected chi connectivity index (χ2v) is 4.41. The molecular formula is C13H15N3O2. The lowest BCUT2D eigenvalue weighted by Gasteiger charge is -2.08. The normalized spacial score (nSPS) is 10.8. The van der Waals surface area contributed by atoms with Crippen LogP contribution >= 0.6 is 0 Å². The van der Waals surface area contributed by atoms with Crippen LogP contribution in [0.15, 0.2) is 30.5 Å². The summed E-state index contributed by atoms with van der Waals surface area (Å²) in [6.45, 7) is 4.22. The van der Waals surface area contributed by atoms with Crippen molar-refractivity contribution in [3.05, 3.63) is 41.6 Å². The van der Waals surface area contributed by atoms with Crippen LogP contribution in [0.4, 0.5) is 5.82 Å². The summed E-state index contributed by atoms with van der Waals surface area (Å²) in [5.74, 6) is -0.485. The van der Waals surface area contributed by atoms with E-state index in [1.807, 2.05) is 24.3 Å². The van der Waals surface area contributed by atoms with Crippen molar-refractivity contribution in [2.75, 3.05) is 5.73 Å². The van der Waals surface area contributed by atoms with Crippen molar-refractivity contribution in [2.24, 2.45) is 0 Å². The first-order chi connectivity index (χ1) is 8.50. The first-order valence-electron chi connectivity index (χ1n) is 5.68. The maximum atomic E-state index is 10.9. The number of carboxylic acids is 1. The number of rotatable bonds is 3. The SMILES string of the molecule is CC(C)c1ccc(-n2ncc(C(=O)O)c2N)cc1. The summed E-state index contributed by atoms with van der Waals surface area (Å²) < 4.78 is 1.42. The number of carbonyl (C=O) groups is 1. The highest BCUT2D eigenvalue weighted by molar-refractivity contribution is 5.92. The summed E-state index contributed by atoms with van der Waals surface area (Å²) in [4.78, 5) is 10.9. The standard InChI is InChI=1S/C13H15N3O2/c1-8(2)9-3-5-10(6-4-9)16-12(14)11(7-15-16)13(17)18/h3-8H,14H2,1-2H3,(H,17,18). The lowest BCUT2D eigenvalue weighted by atomic mass is 10.0. The third-order valence-electron chi connectivity index (χ3n) is 2.84. The topological polar surface area (TPSA) is 81.1 Å². The van der Waals surface area contributed by atoms with Crippen LogP contribution in [0, 0.1) is 0 Å². The number of nitrogen functional groups attached to an aromatic ring is 1. The lowest BCUT2D eigenvalue weighted by molar-refractivity contribution is 0.0698. The van der Waals surface area contributed by atoms with Gasteiger partial charge in [-0.25, -0.2) is 9.48 Å². The maximum Gasteiger partial charge on any atom is 0.341 e. The fourth-order valence-electron chi connectivity index (χ4n) is 1.73. The summed E-state index contributed by atoms with van der Waals surface area (Å²) in [7, 11) is 0. The van der Waals surface area contributed by atoms with Crippen molar-refractivity contribution in [2.45, 2.75) is 19.8 Å². The first kappa shape index (κ1) is 12.2. The van der Waals surface area contributed by atoms with Gasteiger partial charge in [-0.1, -0.05) is 26.0 Å². The van der Waals surface area contributed by atoms with Gasteiger partial charge < -0.3 is 10.8 Å². The van der Waals surface area contributed by atoms with Gasteiger partial charge in [-0.2, -0.15) is 5.10 Å². The van der Waals surface area contributed by atoms with Crippen molar-refractivity contribution in [1.82, 2.24) is 9.78 Å². The summed E-state index contributed by atoms with van der Waals surface area (Å²) in [5, 5.41) is 12.9. The van der Waals surface area contributed by atoms with Crippen molar-refractivity contribution >= 4 is 11.8 Å². The Morgan fingerprint density at radius 2 is 1.94 bits per heavy atom. The van der Waals surface area contributed by atoms with Gasteiger partial charge in [-0.05, 0) is 23.6 Å². The summed E-state index contributed by atoms with van der Waals surface area (Å²) in [5.41, 5.74) is 7.74. The van der Waals surface area contributed by atoms with Crippen LogP contribution in [0.5, 0.6) is 0 Å². The van der Waals surface area contributed by atoms with E-state index in [1.165, 1.54) is 16.4 Å². The number of aromatic nitrogens is 2. The van der Waals surface area contributed by atoms with Crippen LogP contribution in [-0.4, -0.2) is 20.9 Å². The number of benzene rings is 1. The average Bonchev–Trinajstić information content (AvgIpc) is 2.71. The Morgan fingerprint density at radius 1 is 1.33 bits per heavy atom. The minimum Gasteiger partial charge on any atom is -0.477 e. The molecule has 5 heteroatoms. The van der Waals surface area contributed by atoms with Crippen LogP contribution in [-0.2, 0) is 0 Å². The molecule has 5 nitrogen and oxygen atoms in total. The van der Waals surface area contributed by atoms with E-state index in [4.69, 9.17) is 10.8 Å². The van der Waals surface area contributed by atoms with Crippen LogP contribution in [0.3, 0.4) is 0 Å². The molecular weight excluding hydrogens is 230 g/mol. The fourth-order valence-corrected chi connectivity index (χ4v) is 1.73. The number of aromatic carboxylic acids is 1. The average molecular weight is 245 g/mol. The molecule has 18 heavy (non-hydrogen) atoms. The molecule has 0 amide bonds. The lowest BCUT2D eigenvalue weighted by Crippen LogP contribution is -2.05. The van der Waals surface area contributed by atoms with Crippen molar-refractivity contribution in [3.8, 4) is 5.69 Å². The van der Waals surface area contributed by atoms with E-state index >= 15 is 0 Å². The number of hydrogen-bond acceptors (Lipinski definition) is 3. The quantitative estimate of drug-likeness (QED) is 0.869. The van der Waals surface area contributed by atoms with Gasteiger partial charge in [0.2, 0.25) is 0 Å². The van der Waals surface area contributed by atoms with Crippen LogP contribution < -0.4 is 5.73 Å². The van der Waals surface area contributed by atoms with Crippen LogP contribution in [0.25, 0.3) is 5.69 Å². The first-order valence-corrected chi connectivity index (χ1v) is 5.68. The van der Waals surface area contributed by atoms with Crippen molar-refractivity contribution in [3.63, 3.8) is 0 Å². The second-order valence-electron chi connectivity index (χ2n) is 4.41.